The molecule has 3 N–H and O–H groups in total. The number of aliphatic hydroxyl groups is 1. The molecule has 1 fully saturated rings. The van der Waals surface area contributed by atoms with Gasteiger partial charge in [-0.3, -0.25) is 14.9 Å². The highest BCUT2D eigenvalue weighted by atomic mass is 16.3. The molecule has 0 aliphatic carbocycles. The number of amides is 2. The zero-order chi connectivity index (χ0) is 12.3. The van der Waals surface area contributed by atoms with E-state index >= 15 is 0 Å². The summed E-state index contributed by atoms with van der Waals surface area (Å²) in [6, 6.07) is 7.00. The number of rotatable bonds is 4. The molecular weight excluding hydrogens is 220 g/mol. The summed E-state index contributed by atoms with van der Waals surface area (Å²) >= 11 is 0. The average Bonchev–Trinajstić information content (AvgIpc) is 2.65. The Bertz CT molecular complexity index is 445. The molecule has 0 saturated carbocycles. The fourth-order valence-corrected chi connectivity index (χ4v) is 1.80. The number of carbonyl (C=O) groups is 2. The zero-order valence-electron chi connectivity index (χ0n) is 9.27. The highest BCUT2D eigenvalue weighted by molar-refractivity contribution is 6.05. The van der Waals surface area contributed by atoms with Gasteiger partial charge < -0.3 is 10.4 Å². The molecule has 0 radical (unpaired) electrons. The summed E-state index contributed by atoms with van der Waals surface area (Å²) in [5.74, 6) is -0.509. The Kier molecular flexibility index (Phi) is 3.51. The molecule has 17 heavy (non-hydrogen) atoms. The van der Waals surface area contributed by atoms with Crippen molar-refractivity contribution in [2.24, 2.45) is 0 Å². The SMILES string of the molecule is O=C1CC(NCc2cccc(CO)c2)C(=O)N1. The van der Waals surface area contributed by atoms with Crippen molar-refractivity contribution in [3.63, 3.8) is 0 Å². The normalized spacial score (nSPS) is 19.5. The molecule has 1 aliphatic rings. The van der Waals surface area contributed by atoms with Crippen molar-refractivity contribution in [1.29, 1.82) is 0 Å². The highest BCUT2D eigenvalue weighted by Crippen LogP contribution is 2.07. The van der Waals surface area contributed by atoms with Gasteiger partial charge in [0.05, 0.1) is 19.1 Å². The number of hydrogen-bond donors (Lipinski definition) is 3. The fraction of sp³-hybridized carbons (Fsp3) is 0.333. The molecule has 1 saturated heterocycles. The van der Waals surface area contributed by atoms with Crippen LogP contribution in [0.4, 0.5) is 0 Å². The predicted octanol–water partition coefficient (Wildman–Crippen LogP) is -0.316. The third-order valence-corrected chi connectivity index (χ3v) is 2.70. The lowest BCUT2D eigenvalue weighted by atomic mass is 10.1. The Balaban J connectivity index is 1.93. The number of nitrogens with one attached hydrogen (secondary N) is 2. The molecular formula is C12H14N2O3. The van der Waals surface area contributed by atoms with Gasteiger partial charge >= 0.3 is 0 Å². The molecule has 1 aromatic carbocycles. The van der Waals surface area contributed by atoms with Crippen LogP contribution >= 0.6 is 0 Å². The predicted molar refractivity (Wildman–Crippen MR) is 60.8 cm³/mol. The Morgan fingerprint density at radius 1 is 1.35 bits per heavy atom. The molecule has 5 heteroatoms. The van der Waals surface area contributed by atoms with Crippen LogP contribution in [0.2, 0.25) is 0 Å². The maximum atomic E-state index is 11.3. The second kappa shape index (κ2) is 5.07. The maximum absolute atomic E-state index is 11.3. The van der Waals surface area contributed by atoms with Gasteiger partial charge in [-0.1, -0.05) is 24.3 Å². The first-order valence-corrected chi connectivity index (χ1v) is 5.45. The number of imide groups is 1. The summed E-state index contributed by atoms with van der Waals surface area (Å²) in [4.78, 5) is 22.3. The van der Waals surface area contributed by atoms with Gasteiger partial charge in [0.25, 0.3) is 0 Å². The average molecular weight is 234 g/mol. The van der Waals surface area contributed by atoms with E-state index in [0.717, 1.165) is 11.1 Å². The molecule has 0 bridgehead atoms. The van der Waals surface area contributed by atoms with Gasteiger partial charge in [-0.2, -0.15) is 0 Å². The molecule has 0 spiro atoms. The second-order valence-corrected chi connectivity index (χ2v) is 4.03. The standard InChI is InChI=1S/C12H14N2O3/c15-7-9-3-1-2-8(4-9)6-13-10-5-11(16)14-12(10)17/h1-4,10,13,15H,5-7H2,(H,14,16,17). The van der Waals surface area contributed by atoms with Gasteiger partial charge in [0.1, 0.15) is 0 Å². The lowest BCUT2D eigenvalue weighted by molar-refractivity contribution is -0.125. The number of benzene rings is 1. The molecule has 1 aromatic rings. The Morgan fingerprint density at radius 2 is 2.12 bits per heavy atom. The van der Waals surface area contributed by atoms with E-state index < -0.39 is 6.04 Å². The van der Waals surface area contributed by atoms with Crippen LogP contribution in [0.1, 0.15) is 17.5 Å². The molecule has 5 nitrogen and oxygen atoms in total. The van der Waals surface area contributed by atoms with Crippen LogP contribution in [0.25, 0.3) is 0 Å². The lowest BCUT2D eigenvalue weighted by Gasteiger charge is -2.09. The van der Waals surface area contributed by atoms with Gasteiger partial charge in [-0.05, 0) is 11.1 Å². The minimum absolute atomic E-state index is 0.00373. The van der Waals surface area contributed by atoms with Gasteiger partial charge in [-0.15, -0.1) is 0 Å². The Labute approximate surface area is 98.8 Å². The summed E-state index contributed by atoms with van der Waals surface area (Å²) in [5, 5.41) is 14.2. The van der Waals surface area contributed by atoms with Crippen molar-refractivity contribution < 1.29 is 14.7 Å². The molecule has 1 heterocycles. The first-order valence-electron chi connectivity index (χ1n) is 5.45. The first kappa shape index (κ1) is 11.8. The maximum Gasteiger partial charge on any atom is 0.244 e. The van der Waals surface area contributed by atoms with Crippen LogP contribution in [-0.4, -0.2) is 23.0 Å². The summed E-state index contributed by atoms with van der Waals surface area (Å²) in [7, 11) is 0. The summed E-state index contributed by atoms with van der Waals surface area (Å²) in [6.45, 7) is 0.495. The van der Waals surface area contributed by atoms with Crippen molar-refractivity contribution >= 4 is 11.8 Å². The van der Waals surface area contributed by atoms with Crippen LogP contribution in [0.3, 0.4) is 0 Å². The third kappa shape index (κ3) is 2.89. The monoisotopic (exact) mass is 234 g/mol. The quantitative estimate of drug-likeness (QED) is 0.624. The molecule has 1 unspecified atom stereocenters. The third-order valence-electron chi connectivity index (χ3n) is 2.70. The largest absolute Gasteiger partial charge is 0.392 e. The molecule has 0 aromatic heterocycles. The summed E-state index contributed by atoms with van der Waals surface area (Å²) < 4.78 is 0. The minimum Gasteiger partial charge on any atom is -0.392 e. The van der Waals surface area contributed by atoms with E-state index in [1.165, 1.54) is 0 Å². The number of hydrogen-bond acceptors (Lipinski definition) is 4. The smallest absolute Gasteiger partial charge is 0.244 e. The van der Waals surface area contributed by atoms with Gasteiger partial charge in [0, 0.05) is 6.54 Å². The minimum atomic E-state index is -0.444. The van der Waals surface area contributed by atoms with Crippen LogP contribution in [0.5, 0.6) is 0 Å². The van der Waals surface area contributed by atoms with E-state index in [-0.39, 0.29) is 24.8 Å². The number of aliphatic hydroxyl groups excluding tert-OH is 1. The first-order chi connectivity index (χ1) is 8.19. The lowest BCUT2D eigenvalue weighted by Crippen LogP contribution is -2.35. The zero-order valence-corrected chi connectivity index (χ0v) is 9.27. The van der Waals surface area contributed by atoms with E-state index in [1.807, 2.05) is 24.3 Å². The Hall–Kier alpha value is -1.72. The van der Waals surface area contributed by atoms with E-state index in [1.54, 1.807) is 0 Å². The fourth-order valence-electron chi connectivity index (χ4n) is 1.80. The summed E-state index contributed by atoms with van der Waals surface area (Å²) in [6.07, 6.45) is 0.193. The van der Waals surface area contributed by atoms with Crippen molar-refractivity contribution in [2.45, 2.75) is 25.6 Å². The Morgan fingerprint density at radius 3 is 2.76 bits per heavy atom. The molecule has 2 amide bonds. The van der Waals surface area contributed by atoms with Gasteiger partial charge in [-0.25, -0.2) is 0 Å². The van der Waals surface area contributed by atoms with Crippen molar-refractivity contribution in [2.75, 3.05) is 0 Å². The highest BCUT2D eigenvalue weighted by Gasteiger charge is 2.29. The van der Waals surface area contributed by atoms with Crippen LogP contribution < -0.4 is 10.6 Å². The van der Waals surface area contributed by atoms with Crippen molar-refractivity contribution in [1.82, 2.24) is 10.6 Å². The number of carbonyl (C=O) groups excluding carboxylic acids is 2. The van der Waals surface area contributed by atoms with Crippen LogP contribution in [0.15, 0.2) is 24.3 Å². The van der Waals surface area contributed by atoms with E-state index in [9.17, 15) is 9.59 Å². The van der Waals surface area contributed by atoms with Crippen LogP contribution in [-0.2, 0) is 22.7 Å². The molecule has 90 valence electrons. The van der Waals surface area contributed by atoms with Crippen LogP contribution in [0, 0.1) is 0 Å². The molecule has 1 atom stereocenters. The van der Waals surface area contributed by atoms with E-state index in [0.29, 0.717) is 6.54 Å². The summed E-state index contributed by atoms with van der Waals surface area (Å²) in [5.41, 5.74) is 1.81. The second-order valence-electron chi connectivity index (χ2n) is 4.03. The van der Waals surface area contributed by atoms with Crippen molar-refractivity contribution in [3.05, 3.63) is 35.4 Å². The van der Waals surface area contributed by atoms with Gasteiger partial charge in [0.15, 0.2) is 0 Å². The van der Waals surface area contributed by atoms with Gasteiger partial charge in [0.2, 0.25) is 11.8 Å². The van der Waals surface area contributed by atoms with Crippen molar-refractivity contribution in [3.8, 4) is 0 Å². The van der Waals surface area contributed by atoms with E-state index in [2.05, 4.69) is 10.6 Å². The topological polar surface area (TPSA) is 78.4 Å². The van der Waals surface area contributed by atoms with E-state index in [4.69, 9.17) is 5.11 Å². The molecule has 1 aliphatic heterocycles. The molecule has 2 rings (SSSR count).